The van der Waals surface area contributed by atoms with E-state index in [2.05, 4.69) is 5.32 Å². The van der Waals surface area contributed by atoms with Crippen molar-refractivity contribution in [2.75, 3.05) is 38.2 Å². The fraction of sp³-hybridized carbons (Fsp3) is 0.647. The lowest BCUT2D eigenvalue weighted by molar-refractivity contribution is -0.108. The molecule has 1 aromatic carbocycles. The van der Waals surface area contributed by atoms with Crippen LogP contribution in [-0.2, 0) is 19.5 Å². The molecule has 3 heterocycles. The Morgan fingerprint density at radius 2 is 1.96 bits per heavy atom. The first kappa shape index (κ1) is 17.1. The van der Waals surface area contributed by atoms with Gasteiger partial charge in [-0.3, -0.25) is 0 Å². The van der Waals surface area contributed by atoms with Crippen molar-refractivity contribution in [1.29, 1.82) is 0 Å². The van der Waals surface area contributed by atoms with E-state index < -0.39 is 16.3 Å². The number of hydrogen-bond acceptors (Lipinski definition) is 6. The van der Waals surface area contributed by atoms with Gasteiger partial charge in [0.05, 0.1) is 23.6 Å². The van der Waals surface area contributed by atoms with Crippen LogP contribution in [-0.4, -0.2) is 63.2 Å². The molecule has 1 unspecified atom stereocenters. The van der Waals surface area contributed by atoms with Crippen molar-refractivity contribution in [2.24, 2.45) is 0 Å². The molecule has 2 fully saturated rings. The molecule has 2 atom stereocenters. The molecule has 0 bridgehead atoms. The fourth-order valence-corrected chi connectivity index (χ4v) is 5.55. The Bertz CT molecular complexity index is 705. The summed E-state index contributed by atoms with van der Waals surface area (Å²) in [6.07, 6.45) is 1.33. The third-order valence-electron chi connectivity index (χ3n) is 5.01. The van der Waals surface area contributed by atoms with Gasteiger partial charge in [-0.1, -0.05) is 12.1 Å². The molecule has 7 nitrogen and oxygen atoms in total. The molecule has 0 amide bonds. The molecule has 0 radical (unpaired) electrons. The standard InChI is InChI=1S/C17H24N2O5S/c20-25(21,14-6-9-22-10-7-14)19-8-5-13(12-19)23-17-11-18-15-3-1-2-4-16(15)24-17/h1-4,13-14,17-18H,5-12H2/t13-,17?/m0/s1. The van der Waals surface area contributed by atoms with E-state index in [0.29, 0.717) is 52.1 Å². The summed E-state index contributed by atoms with van der Waals surface area (Å²) in [4.78, 5) is 0. The third-order valence-corrected chi connectivity index (χ3v) is 7.37. The Kier molecular flexibility index (Phi) is 4.86. The maximum atomic E-state index is 12.8. The van der Waals surface area contributed by atoms with Crippen LogP contribution in [0.15, 0.2) is 24.3 Å². The molecule has 3 aliphatic heterocycles. The summed E-state index contributed by atoms with van der Waals surface area (Å²) in [5.74, 6) is 0.767. The van der Waals surface area contributed by atoms with E-state index in [9.17, 15) is 8.42 Å². The number of anilines is 1. The second-order valence-electron chi connectivity index (χ2n) is 6.69. The first-order valence-electron chi connectivity index (χ1n) is 8.84. The Labute approximate surface area is 148 Å². The van der Waals surface area contributed by atoms with E-state index in [4.69, 9.17) is 14.2 Å². The van der Waals surface area contributed by atoms with Crippen LogP contribution in [0.5, 0.6) is 5.75 Å². The van der Waals surface area contributed by atoms with E-state index >= 15 is 0 Å². The maximum Gasteiger partial charge on any atom is 0.217 e. The van der Waals surface area contributed by atoms with Crippen LogP contribution in [0.4, 0.5) is 5.69 Å². The predicted octanol–water partition coefficient (Wildman–Crippen LogP) is 1.42. The molecule has 138 valence electrons. The highest BCUT2D eigenvalue weighted by Gasteiger charge is 2.39. The van der Waals surface area contributed by atoms with Crippen LogP contribution in [0.3, 0.4) is 0 Å². The van der Waals surface area contributed by atoms with Crippen molar-refractivity contribution < 1.29 is 22.6 Å². The van der Waals surface area contributed by atoms with E-state index in [1.54, 1.807) is 4.31 Å². The summed E-state index contributed by atoms with van der Waals surface area (Å²) < 4.78 is 44.2. The lowest BCUT2D eigenvalue weighted by Gasteiger charge is -2.30. The van der Waals surface area contributed by atoms with Crippen molar-refractivity contribution in [2.45, 2.75) is 36.9 Å². The van der Waals surface area contributed by atoms with Crippen LogP contribution < -0.4 is 10.1 Å². The second-order valence-corrected chi connectivity index (χ2v) is 8.90. The fourth-order valence-electron chi connectivity index (χ4n) is 3.61. The first-order chi connectivity index (χ1) is 12.1. The van der Waals surface area contributed by atoms with Crippen molar-refractivity contribution in [1.82, 2.24) is 4.31 Å². The second kappa shape index (κ2) is 7.11. The molecule has 2 saturated heterocycles. The average Bonchev–Trinajstić information content (AvgIpc) is 3.12. The van der Waals surface area contributed by atoms with Gasteiger partial charge in [0.25, 0.3) is 0 Å². The lowest BCUT2D eigenvalue weighted by Crippen LogP contribution is -2.42. The van der Waals surface area contributed by atoms with Gasteiger partial charge in [0, 0.05) is 26.3 Å². The molecular weight excluding hydrogens is 344 g/mol. The zero-order valence-electron chi connectivity index (χ0n) is 14.1. The SMILES string of the molecule is O=S(=O)(C1CCOCC1)N1CC[C@H](OC2CNc3ccccc3O2)C1. The molecule has 0 aliphatic carbocycles. The van der Waals surface area contributed by atoms with Crippen LogP contribution in [0, 0.1) is 0 Å². The van der Waals surface area contributed by atoms with E-state index in [1.807, 2.05) is 24.3 Å². The van der Waals surface area contributed by atoms with Gasteiger partial charge < -0.3 is 19.5 Å². The van der Waals surface area contributed by atoms with E-state index in [1.165, 1.54) is 0 Å². The largest absolute Gasteiger partial charge is 0.461 e. The molecule has 4 rings (SSSR count). The zero-order valence-corrected chi connectivity index (χ0v) is 14.9. The molecule has 1 aromatic rings. The van der Waals surface area contributed by atoms with Gasteiger partial charge in [-0.05, 0) is 31.4 Å². The average molecular weight is 368 g/mol. The summed E-state index contributed by atoms with van der Waals surface area (Å²) in [5, 5.41) is 2.96. The van der Waals surface area contributed by atoms with Crippen molar-refractivity contribution >= 4 is 15.7 Å². The number of sulfonamides is 1. The number of benzene rings is 1. The molecule has 0 saturated carbocycles. The molecule has 8 heteroatoms. The summed E-state index contributed by atoms with van der Waals surface area (Å²) in [6, 6.07) is 7.73. The van der Waals surface area contributed by atoms with Crippen molar-refractivity contribution in [3.8, 4) is 5.75 Å². The number of nitrogens with one attached hydrogen (secondary N) is 1. The number of ether oxygens (including phenoxy) is 3. The highest BCUT2D eigenvalue weighted by molar-refractivity contribution is 7.89. The number of para-hydroxylation sites is 2. The first-order valence-corrected chi connectivity index (χ1v) is 10.3. The minimum atomic E-state index is -3.27. The van der Waals surface area contributed by atoms with Gasteiger partial charge in [-0.25, -0.2) is 8.42 Å². The van der Waals surface area contributed by atoms with E-state index in [-0.39, 0.29) is 11.4 Å². The highest BCUT2D eigenvalue weighted by Crippen LogP contribution is 2.30. The van der Waals surface area contributed by atoms with Crippen molar-refractivity contribution in [3.05, 3.63) is 24.3 Å². The number of fused-ring (bicyclic) bond motifs is 1. The highest BCUT2D eigenvalue weighted by atomic mass is 32.2. The molecule has 25 heavy (non-hydrogen) atoms. The Hall–Kier alpha value is -1.35. The monoisotopic (exact) mass is 368 g/mol. The van der Waals surface area contributed by atoms with Gasteiger partial charge in [-0.15, -0.1) is 0 Å². The Balaban J connectivity index is 1.34. The van der Waals surface area contributed by atoms with E-state index in [0.717, 1.165) is 11.4 Å². The number of nitrogens with zero attached hydrogens (tertiary/aromatic N) is 1. The number of hydrogen-bond donors (Lipinski definition) is 1. The van der Waals surface area contributed by atoms with Gasteiger partial charge in [0.2, 0.25) is 16.3 Å². The predicted molar refractivity (Wildman–Crippen MR) is 93.2 cm³/mol. The van der Waals surface area contributed by atoms with Crippen LogP contribution in [0.1, 0.15) is 19.3 Å². The Morgan fingerprint density at radius 1 is 1.16 bits per heavy atom. The minimum Gasteiger partial charge on any atom is -0.461 e. The third kappa shape index (κ3) is 3.62. The summed E-state index contributed by atoms with van der Waals surface area (Å²) in [5.41, 5.74) is 0.956. The van der Waals surface area contributed by atoms with Gasteiger partial charge in [0.1, 0.15) is 5.75 Å². The molecule has 3 aliphatic rings. The molecule has 1 N–H and O–H groups in total. The Morgan fingerprint density at radius 3 is 2.80 bits per heavy atom. The quantitative estimate of drug-likeness (QED) is 0.866. The molecular formula is C17H24N2O5S. The summed E-state index contributed by atoms with van der Waals surface area (Å²) in [6.45, 7) is 2.53. The van der Waals surface area contributed by atoms with Gasteiger partial charge in [-0.2, -0.15) is 4.31 Å². The number of rotatable bonds is 4. The zero-order chi connectivity index (χ0) is 17.3. The van der Waals surface area contributed by atoms with Crippen molar-refractivity contribution in [3.63, 3.8) is 0 Å². The normalized spacial score (nSPS) is 28.2. The van der Waals surface area contributed by atoms with Gasteiger partial charge in [0.15, 0.2) is 0 Å². The summed E-state index contributed by atoms with van der Waals surface area (Å²) in [7, 11) is -3.27. The maximum absolute atomic E-state index is 12.8. The van der Waals surface area contributed by atoms with Crippen LogP contribution in [0.25, 0.3) is 0 Å². The van der Waals surface area contributed by atoms with Crippen LogP contribution in [0.2, 0.25) is 0 Å². The smallest absolute Gasteiger partial charge is 0.217 e. The summed E-state index contributed by atoms with van der Waals surface area (Å²) >= 11 is 0. The molecule has 0 spiro atoms. The minimum absolute atomic E-state index is 0.133. The lowest BCUT2D eigenvalue weighted by atomic mass is 10.2. The van der Waals surface area contributed by atoms with Gasteiger partial charge >= 0.3 is 0 Å². The van der Waals surface area contributed by atoms with Crippen LogP contribution >= 0.6 is 0 Å². The molecule has 0 aromatic heterocycles. The topological polar surface area (TPSA) is 77.1 Å².